The molecule has 1 rings (SSSR count). The first kappa shape index (κ1) is 21.2. The molecule has 0 unspecified atom stereocenters. The molecule has 1 heterocycles. The largest absolute Gasteiger partial charge is 0.477 e. The summed E-state index contributed by atoms with van der Waals surface area (Å²) in [5, 5.41) is 59.8. The molecule has 12 nitrogen and oxygen atoms in total. The molecular weight excluding hydrogens is 346 g/mol. The topological polar surface area (TPSA) is 203 Å². The van der Waals surface area contributed by atoms with E-state index in [1.54, 1.807) is 0 Å². The fraction of sp³-hybridized carbons (Fsp3) is 0.769. The molecule has 0 aromatic heterocycles. The molecule has 0 spiro atoms. The lowest BCUT2D eigenvalue weighted by molar-refractivity contribution is -0.295. The summed E-state index contributed by atoms with van der Waals surface area (Å²) in [7, 11) is 0. The van der Waals surface area contributed by atoms with Gasteiger partial charge in [-0.25, -0.2) is 4.79 Å². The number of hydrogen-bond acceptors (Lipinski definition) is 10. The van der Waals surface area contributed by atoms with Gasteiger partial charge < -0.3 is 45.4 Å². The molecular formula is C13H21NO11. The van der Waals surface area contributed by atoms with Crippen LogP contribution in [0.25, 0.3) is 0 Å². The van der Waals surface area contributed by atoms with Crippen molar-refractivity contribution in [2.45, 2.75) is 49.6 Å². The van der Waals surface area contributed by atoms with E-state index in [0.717, 1.165) is 6.92 Å². The maximum absolute atomic E-state index is 11.4. The van der Waals surface area contributed by atoms with E-state index in [9.17, 15) is 34.8 Å². The van der Waals surface area contributed by atoms with Gasteiger partial charge in [0.25, 0.3) is 5.79 Å². The average Bonchev–Trinajstić information content (AvgIpc) is 2.53. The molecule has 0 radical (unpaired) electrons. The highest BCUT2D eigenvalue weighted by molar-refractivity contribution is 5.78. The van der Waals surface area contributed by atoms with Crippen LogP contribution >= 0.6 is 0 Å². The fourth-order valence-electron chi connectivity index (χ4n) is 2.33. The number of carbonyl (C=O) groups is 3. The number of aliphatic hydroxyl groups is 5. The average molecular weight is 367 g/mol. The van der Waals surface area contributed by atoms with Gasteiger partial charge in [0.05, 0.1) is 12.1 Å². The van der Waals surface area contributed by atoms with Crippen molar-refractivity contribution < 1.29 is 54.5 Å². The number of carboxylic acids is 1. The molecule has 6 atom stereocenters. The van der Waals surface area contributed by atoms with Crippen LogP contribution < -0.4 is 5.32 Å². The molecule has 0 aromatic rings. The Bertz CT molecular complexity index is 512. The number of carboxylic acid groups (broad SMARTS) is 1. The SMILES string of the molecule is CC(=O)OC[C@@H](O)[C@@H](O)[C@@H]1O[C@](O)(C(=O)O)C[C@H](O)[C@H]1NC(=O)CO. The number of amides is 1. The second kappa shape index (κ2) is 8.51. The normalized spacial score (nSPS) is 31.7. The molecule has 1 fully saturated rings. The van der Waals surface area contributed by atoms with Crippen molar-refractivity contribution in [3.63, 3.8) is 0 Å². The first-order valence-electron chi connectivity index (χ1n) is 7.23. The van der Waals surface area contributed by atoms with Crippen LogP contribution in [0.5, 0.6) is 0 Å². The van der Waals surface area contributed by atoms with E-state index in [-0.39, 0.29) is 0 Å². The van der Waals surface area contributed by atoms with E-state index < -0.39 is 73.7 Å². The van der Waals surface area contributed by atoms with Crippen molar-refractivity contribution in [1.29, 1.82) is 0 Å². The van der Waals surface area contributed by atoms with Gasteiger partial charge in [0.1, 0.15) is 31.5 Å². The molecule has 1 saturated heterocycles. The van der Waals surface area contributed by atoms with Gasteiger partial charge in [-0.2, -0.15) is 0 Å². The minimum atomic E-state index is -2.88. The number of rotatable bonds is 7. The molecule has 7 N–H and O–H groups in total. The zero-order valence-electron chi connectivity index (χ0n) is 13.2. The van der Waals surface area contributed by atoms with Gasteiger partial charge in [-0.3, -0.25) is 9.59 Å². The van der Waals surface area contributed by atoms with Crippen LogP contribution in [-0.4, -0.2) is 97.9 Å². The molecule has 1 aliphatic heterocycles. The maximum Gasteiger partial charge on any atom is 0.364 e. The second-order valence-electron chi connectivity index (χ2n) is 5.56. The maximum atomic E-state index is 11.4. The Morgan fingerprint density at radius 2 is 1.96 bits per heavy atom. The predicted molar refractivity (Wildman–Crippen MR) is 75.7 cm³/mol. The highest BCUT2D eigenvalue weighted by Gasteiger charge is 2.54. The van der Waals surface area contributed by atoms with Crippen molar-refractivity contribution in [3.8, 4) is 0 Å². The van der Waals surface area contributed by atoms with E-state index in [1.807, 2.05) is 0 Å². The molecule has 12 heteroatoms. The zero-order chi connectivity index (χ0) is 19.4. The van der Waals surface area contributed by atoms with Crippen molar-refractivity contribution in [3.05, 3.63) is 0 Å². The van der Waals surface area contributed by atoms with E-state index >= 15 is 0 Å². The summed E-state index contributed by atoms with van der Waals surface area (Å²) in [4.78, 5) is 33.2. The van der Waals surface area contributed by atoms with Crippen molar-refractivity contribution >= 4 is 17.8 Å². The number of hydrogen-bond donors (Lipinski definition) is 7. The number of carbonyl (C=O) groups excluding carboxylic acids is 2. The monoisotopic (exact) mass is 367 g/mol. The lowest BCUT2D eigenvalue weighted by atomic mass is 9.88. The van der Waals surface area contributed by atoms with E-state index in [1.165, 1.54) is 0 Å². The second-order valence-corrected chi connectivity index (χ2v) is 5.56. The Hall–Kier alpha value is -1.83. The Morgan fingerprint density at radius 3 is 2.44 bits per heavy atom. The Labute approximate surface area is 141 Å². The van der Waals surface area contributed by atoms with Crippen LogP contribution in [0.2, 0.25) is 0 Å². The summed E-state index contributed by atoms with van der Waals surface area (Å²) in [6.07, 6.45) is -8.05. The fourth-order valence-corrected chi connectivity index (χ4v) is 2.33. The molecule has 144 valence electrons. The number of aliphatic carboxylic acids is 1. The summed E-state index contributed by atoms with van der Waals surface area (Å²) in [5.41, 5.74) is 0. The van der Waals surface area contributed by atoms with Crippen LogP contribution in [0.1, 0.15) is 13.3 Å². The standard InChI is InChI=1S/C13H21NO11/c1-5(16)24-4-7(18)10(20)11-9(14-8(19)3-15)6(17)2-13(23,25-11)12(21)22/h6-7,9-11,15,17-18,20,23H,2-4H2,1H3,(H,14,19)(H,21,22)/t6-,7+,9+,10+,11+,13-/m0/s1. The molecule has 0 bridgehead atoms. The summed E-state index contributed by atoms with van der Waals surface area (Å²) in [5.74, 6) is -6.47. The minimum Gasteiger partial charge on any atom is -0.477 e. The van der Waals surface area contributed by atoms with Crippen molar-refractivity contribution in [2.24, 2.45) is 0 Å². The van der Waals surface area contributed by atoms with E-state index in [0.29, 0.717) is 0 Å². The van der Waals surface area contributed by atoms with Crippen LogP contribution in [0.3, 0.4) is 0 Å². The quantitative estimate of drug-likeness (QED) is 0.214. The van der Waals surface area contributed by atoms with Gasteiger partial charge in [-0.05, 0) is 0 Å². The predicted octanol–water partition coefficient (Wildman–Crippen LogP) is -4.33. The summed E-state index contributed by atoms with van der Waals surface area (Å²) < 4.78 is 9.41. The van der Waals surface area contributed by atoms with Gasteiger partial charge >= 0.3 is 11.9 Å². The van der Waals surface area contributed by atoms with Crippen molar-refractivity contribution in [1.82, 2.24) is 5.32 Å². The van der Waals surface area contributed by atoms with Crippen LogP contribution in [0, 0.1) is 0 Å². The number of esters is 1. The third-order valence-corrected chi connectivity index (χ3v) is 3.58. The van der Waals surface area contributed by atoms with Gasteiger partial charge in [0, 0.05) is 13.3 Å². The molecule has 25 heavy (non-hydrogen) atoms. The highest BCUT2D eigenvalue weighted by atomic mass is 16.7. The Balaban J connectivity index is 3.03. The molecule has 0 saturated carbocycles. The zero-order valence-corrected chi connectivity index (χ0v) is 13.2. The number of nitrogens with one attached hydrogen (secondary N) is 1. The van der Waals surface area contributed by atoms with Crippen LogP contribution in [0.4, 0.5) is 0 Å². The van der Waals surface area contributed by atoms with Gasteiger partial charge in [0.15, 0.2) is 0 Å². The lowest BCUT2D eigenvalue weighted by Gasteiger charge is -2.44. The van der Waals surface area contributed by atoms with Gasteiger partial charge in [-0.15, -0.1) is 0 Å². The van der Waals surface area contributed by atoms with Crippen LogP contribution in [0.15, 0.2) is 0 Å². The van der Waals surface area contributed by atoms with Gasteiger partial charge in [-0.1, -0.05) is 0 Å². The summed E-state index contributed by atoms with van der Waals surface area (Å²) in [6, 6.07) is -1.46. The molecule has 1 amide bonds. The highest BCUT2D eigenvalue weighted by Crippen LogP contribution is 2.30. The number of aliphatic hydroxyl groups excluding tert-OH is 4. The third kappa shape index (κ3) is 5.32. The smallest absolute Gasteiger partial charge is 0.364 e. The first-order valence-corrected chi connectivity index (χ1v) is 7.23. The molecule has 0 aliphatic carbocycles. The van der Waals surface area contributed by atoms with Crippen LogP contribution in [-0.2, 0) is 23.9 Å². The minimum absolute atomic E-state index is 0.682. The van der Waals surface area contributed by atoms with Crippen molar-refractivity contribution in [2.75, 3.05) is 13.2 Å². The summed E-state index contributed by atoms with van der Waals surface area (Å²) in [6.45, 7) is -0.600. The Morgan fingerprint density at radius 1 is 1.36 bits per heavy atom. The van der Waals surface area contributed by atoms with Gasteiger partial charge in [0.2, 0.25) is 5.91 Å². The molecule has 1 aliphatic rings. The van der Waals surface area contributed by atoms with E-state index in [2.05, 4.69) is 10.1 Å². The Kier molecular flexibility index (Phi) is 7.22. The molecule has 0 aromatic carbocycles. The summed E-state index contributed by atoms with van der Waals surface area (Å²) >= 11 is 0. The lowest BCUT2D eigenvalue weighted by Crippen LogP contribution is -2.67. The first-order chi connectivity index (χ1) is 11.5. The number of ether oxygens (including phenoxy) is 2. The third-order valence-electron chi connectivity index (χ3n) is 3.58. The van der Waals surface area contributed by atoms with E-state index in [4.69, 9.17) is 14.9 Å².